The van der Waals surface area contributed by atoms with Crippen molar-refractivity contribution >= 4 is 22.8 Å². The molecule has 0 radical (unpaired) electrons. The van der Waals surface area contributed by atoms with E-state index in [4.69, 9.17) is 16.1 Å². The van der Waals surface area contributed by atoms with E-state index in [1.807, 2.05) is 17.6 Å². The van der Waals surface area contributed by atoms with Crippen LogP contribution in [0.5, 0.6) is 0 Å². The zero-order chi connectivity index (χ0) is 14.1. The highest BCUT2D eigenvalue weighted by molar-refractivity contribution is 6.17. The lowest BCUT2D eigenvalue weighted by atomic mass is 10.3. The third-order valence-electron chi connectivity index (χ3n) is 3.10. The number of rotatable bonds is 4. The lowest BCUT2D eigenvalue weighted by Gasteiger charge is -2.04. The Labute approximate surface area is 120 Å². The number of hydrogen-bond acceptors (Lipinski definition) is 5. The standard InChI is InChI=1S/C13H14ClN5O/c1-8-4-6-15-13-12(8)17-11(3-5-14)19(13)7-10-16-9(2)20-18-10/h4,6H,3,5,7H2,1-2H3. The second-order valence-electron chi connectivity index (χ2n) is 4.58. The fourth-order valence-electron chi connectivity index (χ4n) is 2.17. The number of alkyl halides is 1. The molecule has 3 aromatic rings. The molecule has 0 saturated heterocycles. The molecule has 3 aromatic heterocycles. The second-order valence-corrected chi connectivity index (χ2v) is 4.96. The molecule has 0 aliphatic heterocycles. The molecule has 7 heteroatoms. The normalized spacial score (nSPS) is 11.3. The summed E-state index contributed by atoms with van der Waals surface area (Å²) in [5.74, 6) is 2.56. The topological polar surface area (TPSA) is 69.6 Å². The fraction of sp³-hybridized carbons (Fsp3) is 0.385. The maximum absolute atomic E-state index is 5.86. The summed E-state index contributed by atoms with van der Waals surface area (Å²) in [6.45, 7) is 4.27. The van der Waals surface area contributed by atoms with Crippen molar-refractivity contribution in [1.82, 2.24) is 24.7 Å². The van der Waals surface area contributed by atoms with E-state index >= 15 is 0 Å². The molecule has 0 bridgehead atoms. The van der Waals surface area contributed by atoms with Gasteiger partial charge in [0.1, 0.15) is 11.3 Å². The molecule has 0 saturated carbocycles. The van der Waals surface area contributed by atoms with E-state index in [0.29, 0.717) is 30.6 Å². The molecule has 0 unspecified atom stereocenters. The molecule has 0 aliphatic carbocycles. The van der Waals surface area contributed by atoms with Gasteiger partial charge in [0, 0.05) is 25.4 Å². The van der Waals surface area contributed by atoms with E-state index in [0.717, 1.165) is 22.6 Å². The Balaban J connectivity index is 2.11. The first kappa shape index (κ1) is 13.1. The number of hydrogen-bond donors (Lipinski definition) is 0. The first-order chi connectivity index (χ1) is 9.69. The van der Waals surface area contributed by atoms with E-state index in [9.17, 15) is 0 Å². The van der Waals surface area contributed by atoms with Gasteiger partial charge >= 0.3 is 0 Å². The van der Waals surface area contributed by atoms with Gasteiger partial charge in [0.05, 0.1) is 6.54 Å². The number of pyridine rings is 1. The molecule has 6 nitrogen and oxygen atoms in total. The highest BCUT2D eigenvalue weighted by Gasteiger charge is 2.15. The number of halogens is 1. The van der Waals surface area contributed by atoms with Gasteiger partial charge in [-0.25, -0.2) is 9.97 Å². The van der Waals surface area contributed by atoms with Crippen molar-refractivity contribution < 1.29 is 4.52 Å². The van der Waals surface area contributed by atoms with E-state index in [1.165, 1.54) is 0 Å². The van der Waals surface area contributed by atoms with Gasteiger partial charge < -0.3 is 9.09 Å². The lowest BCUT2D eigenvalue weighted by Crippen LogP contribution is -2.08. The summed E-state index contributed by atoms with van der Waals surface area (Å²) in [4.78, 5) is 13.3. The van der Waals surface area contributed by atoms with Crippen LogP contribution in [-0.4, -0.2) is 30.6 Å². The van der Waals surface area contributed by atoms with Gasteiger partial charge in [-0.1, -0.05) is 5.16 Å². The molecular weight excluding hydrogens is 278 g/mol. The minimum atomic E-state index is 0.483. The quantitative estimate of drug-likeness (QED) is 0.690. The van der Waals surface area contributed by atoms with Crippen molar-refractivity contribution in [3.05, 3.63) is 35.4 Å². The Morgan fingerprint density at radius 1 is 1.30 bits per heavy atom. The van der Waals surface area contributed by atoms with Crippen LogP contribution in [0.4, 0.5) is 0 Å². The zero-order valence-corrected chi connectivity index (χ0v) is 12.1. The molecule has 0 aliphatic rings. The van der Waals surface area contributed by atoms with Gasteiger partial charge in [-0.3, -0.25) is 0 Å². The highest BCUT2D eigenvalue weighted by atomic mass is 35.5. The predicted octanol–water partition coefficient (Wildman–Crippen LogP) is 2.26. The van der Waals surface area contributed by atoms with E-state index in [1.54, 1.807) is 13.1 Å². The highest BCUT2D eigenvalue weighted by Crippen LogP contribution is 2.19. The van der Waals surface area contributed by atoms with E-state index in [2.05, 4.69) is 20.1 Å². The summed E-state index contributed by atoms with van der Waals surface area (Å²) >= 11 is 5.86. The number of fused-ring (bicyclic) bond motifs is 1. The van der Waals surface area contributed by atoms with Gasteiger partial charge in [0.25, 0.3) is 0 Å². The Bertz CT molecular complexity index is 748. The van der Waals surface area contributed by atoms with Gasteiger partial charge in [-0.15, -0.1) is 11.6 Å². The first-order valence-corrected chi connectivity index (χ1v) is 6.88. The lowest BCUT2D eigenvalue weighted by molar-refractivity contribution is 0.386. The maximum Gasteiger partial charge on any atom is 0.223 e. The van der Waals surface area contributed by atoms with Gasteiger partial charge in [0.2, 0.25) is 5.89 Å². The Kier molecular flexibility index (Phi) is 3.40. The summed E-state index contributed by atoms with van der Waals surface area (Å²) < 4.78 is 7.00. The summed E-state index contributed by atoms with van der Waals surface area (Å²) in [7, 11) is 0. The molecule has 0 spiro atoms. The minimum absolute atomic E-state index is 0.483. The number of aromatic nitrogens is 5. The summed E-state index contributed by atoms with van der Waals surface area (Å²) in [6.07, 6.45) is 2.45. The average Bonchev–Trinajstić information content (AvgIpc) is 2.97. The molecule has 0 amide bonds. The van der Waals surface area contributed by atoms with Crippen LogP contribution < -0.4 is 0 Å². The van der Waals surface area contributed by atoms with Crippen LogP contribution in [-0.2, 0) is 13.0 Å². The van der Waals surface area contributed by atoms with Crippen LogP contribution in [0.1, 0.15) is 23.1 Å². The Hall–Kier alpha value is -1.95. The predicted molar refractivity (Wildman–Crippen MR) is 74.8 cm³/mol. The van der Waals surface area contributed by atoms with Gasteiger partial charge in [0.15, 0.2) is 11.5 Å². The first-order valence-electron chi connectivity index (χ1n) is 6.35. The van der Waals surface area contributed by atoms with E-state index in [-0.39, 0.29) is 0 Å². The summed E-state index contributed by atoms with van der Waals surface area (Å²) in [6, 6.07) is 1.95. The average molecular weight is 292 g/mol. The van der Waals surface area contributed by atoms with Crippen molar-refractivity contribution in [3.8, 4) is 0 Å². The maximum atomic E-state index is 5.86. The van der Waals surface area contributed by atoms with Crippen LogP contribution in [0.3, 0.4) is 0 Å². The number of aryl methyl sites for hydroxylation is 3. The molecule has 3 rings (SSSR count). The van der Waals surface area contributed by atoms with Crippen LogP contribution in [0, 0.1) is 13.8 Å². The smallest absolute Gasteiger partial charge is 0.223 e. The molecule has 0 atom stereocenters. The second kappa shape index (κ2) is 5.20. The third-order valence-corrected chi connectivity index (χ3v) is 3.29. The summed E-state index contributed by atoms with van der Waals surface area (Å²) in [5, 5.41) is 3.93. The van der Waals surface area contributed by atoms with Crippen molar-refractivity contribution in [2.24, 2.45) is 0 Å². The van der Waals surface area contributed by atoms with Gasteiger partial charge in [-0.05, 0) is 18.6 Å². The SMILES string of the molecule is Cc1nc(Cn2c(CCCl)nc3c(C)ccnc32)no1. The zero-order valence-electron chi connectivity index (χ0n) is 11.3. The number of nitrogens with zero attached hydrogens (tertiary/aromatic N) is 5. The van der Waals surface area contributed by atoms with E-state index < -0.39 is 0 Å². The van der Waals surface area contributed by atoms with Crippen LogP contribution in [0.15, 0.2) is 16.8 Å². The largest absolute Gasteiger partial charge is 0.340 e. The van der Waals surface area contributed by atoms with Gasteiger partial charge in [-0.2, -0.15) is 4.98 Å². The number of imidazole rings is 1. The van der Waals surface area contributed by atoms with Crippen molar-refractivity contribution in [2.45, 2.75) is 26.8 Å². The van der Waals surface area contributed by atoms with Crippen LogP contribution in [0.25, 0.3) is 11.2 Å². The summed E-state index contributed by atoms with van der Waals surface area (Å²) in [5.41, 5.74) is 2.81. The Morgan fingerprint density at radius 3 is 2.85 bits per heavy atom. The molecule has 0 aromatic carbocycles. The van der Waals surface area contributed by atoms with Crippen LogP contribution in [0.2, 0.25) is 0 Å². The van der Waals surface area contributed by atoms with Crippen molar-refractivity contribution in [2.75, 3.05) is 5.88 Å². The Morgan fingerprint density at radius 2 is 2.15 bits per heavy atom. The molecule has 104 valence electrons. The molecule has 3 heterocycles. The third kappa shape index (κ3) is 2.27. The van der Waals surface area contributed by atoms with Crippen LogP contribution >= 0.6 is 11.6 Å². The molecule has 0 fully saturated rings. The van der Waals surface area contributed by atoms with Crippen molar-refractivity contribution in [1.29, 1.82) is 0 Å². The minimum Gasteiger partial charge on any atom is -0.340 e. The molecule has 0 N–H and O–H groups in total. The molecular formula is C13H14ClN5O. The monoisotopic (exact) mass is 291 g/mol. The van der Waals surface area contributed by atoms with Crippen molar-refractivity contribution in [3.63, 3.8) is 0 Å². The fourth-order valence-corrected chi connectivity index (χ4v) is 2.34. The molecule has 20 heavy (non-hydrogen) atoms.